The summed E-state index contributed by atoms with van der Waals surface area (Å²) in [4.78, 5) is 31.1. The lowest BCUT2D eigenvalue weighted by molar-refractivity contribution is 0.0988. The summed E-state index contributed by atoms with van der Waals surface area (Å²) in [7, 11) is 0. The van der Waals surface area contributed by atoms with Crippen molar-refractivity contribution in [2.75, 3.05) is 16.8 Å². The highest BCUT2D eigenvalue weighted by atomic mass is 35.5. The zero-order valence-electron chi connectivity index (χ0n) is 14.7. The molecule has 3 aromatic rings. The van der Waals surface area contributed by atoms with Crippen molar-refractivity contribution >= 4 is 34.8 Å². The number of carbonyl (C=O) groups excluding carboxylic acids is 2. The molecule has 0 saturated heterocycles. The Kier molecular flexibility index (Phi) is 5.84. The van der Waals surface area contributed by atoms with Crippen molar-refractivity contribution < 1.29 is 9.59 Å². The number of aromatic nitrogens is 1. The van der Waals surface area contributed by atoms with Gasteiger partial charge in [0.05, 0.1) is 10.7 Å². The molecule has 0 fully saturated rings. The molecule has 0 unspecified atom stereocenters. The summed E-state index contributed by atoms with van der Waals surface area (Å²) in [5, 5.41) is 3.14. The van der Waals surface area contributed by atoms with Gasteiger partial charge >= 0.3 is 0 Å². The monoisotopic (exact) mass is 379 g/mol. The predicted octanol–water partition coefficient (Wildman–Crippen LogP) is 4.65. The second-order valence-electron chi connectivity index (χ2n) is 5.75. The van der Waals surface area contributed by atoms with Gasteiger partial charge in [-0.2, -0.15) is 0 Å². The summed E-state index contributed by atoms with van der Waals surface area (Å²) in [5.74, 6) is -0.626. The zero-order valence-corrected chi connectivity index (χ0v) is 15.5. The van der Waals surface area contributed by atoms with E-state index in [1.54, 1.807) is 35.2 Å². The van der Waals surface area contributed by atoms with Crippen LogP contribution in [0.5, 0.6) is 0 Å². The van der Waals surface area contributed by atoms with Gasteiger partial charge in [0.25, 0.3) is 11.8 Å². The van der Waals surface area contributed by atoms with Gasteiger partial charge in [-0.15, -0.1) is 0 Å². The molecule has 1 heterocycles. The zero-order chi connectivity index (χ0) is 19.2. The quantitative estimate of drug-likeness (QED) is 0.701. The minimum atomic E-state index is -0.430. The number of hydrogen-bond donors (Lipinski definition) is 1. The van der Waals surface area contributed by atoms with Crippen LogP contribution in [0.15, 0.2) is 72.9 Å². The number of amides is 2. The number of hydrogen-bond acceptors (Lipinski definition) is 3. The molecule has 1 aromatic heterocycles. The van der Waals surface area contributed by atoms with E-state index in [-0.39, 0.29) is 11.6 Å². The molecule has 2 aromatic carbocycles. The molecule has 2 amide bonds. The Hall–Kier alpha value is -3.18. The molecule has 0 spiro atoms. The maximum atomic E-state index is 12.9. The molecular formula is C21H18ClN3O2. The molecule has 0 bridgehead atoms. The van der Waals surface area contributed by atoms with Gasteiger partial charge in [-0.1, -0.05) is 41.9 Å². The van der Waals surface area contributed by atoms with Gasteiger partial charge in [-0.25, -0.2) is 0 Å². The topological polar surface area (TPSA) is 62.3 Å². The fourth-order valence-electron chi connectivity index (χ4n) is 2.64. The number of rotatable bonds is 5. The van der Waals surface area contributed by atoms with Gasteiger partial charge in [-0.3, -0.25) is 14.6 Å². The van der Waals surface area contributed by atoms with Crippen molar-refractivity contribution in [3.05, 3.63) is 89.2 Å². The number of carbonyl (C=O) groups is 2. The molecule has 0 aliphatic carbocycles. The van der Waals surface area contributed by atoms with Gasteiger partial charge in [0.1, 0.15) is 5.69 Å². The number of pyridine rings is 1. The highest BCUT2D eigenvalue weighted by molar-refractivity contribution is 6.33. The first-order valence-electron chi connectivity index (χ1n) is 8.49. The number of halogens is 1. The number of para-hydroxylation sites is 2. The van der Waals surface area contributed by atoms with E-state index in [1.807, 2.05) is 37.3 Å². The third kappa shape index (κ3) is 4.33. The standard InChI is InChI=1S/C21H18ClN3O2/c1-2-25(16-8-4-3-5-9-16)21(27)15-12-13-23-19(14-15)20(26)24-18-11-7-6-10-17(18)22/h3-14H,2H2,1H3,(H,24,26). The van der Waals surface area contributed by atoms with E-state index in [4.69, 9.17) is 11.6 Å². The lowest BCUT2D eigenvalue weighted by atomic mass is 10.1. The smallest absolute Gasteiger partial charge is 0.274 e. The van der Waals surface area contributed by atoms with E-state index in [9.17, 15) is 9.59 Å². The largest absolute Gasteiger partial charge is 0.319 e. The second-order valence-corrected chi connectivity index (χ2v) is 6.16. The first kappa shape index (κ1) is 18.6. The van der Waals surface area contributed by atoms with Crippen LogP contribution in [-0.4, -0.2) is 23.3 Å². The molecule has 6 heteroatoms. The molecule has 5 nitrogen and oxygen atoms in total. The maximum Gasteiger partial charge on any atom is 0.274 e. The van der Waals surface area contributed by atoms with Crippen LogP contribution >= 0.6 is 11.6 Å². The average molecular weight is 380 g/mol. The van der Waals surface area contributed by atoms with Gasteiger partial charge in [-0.05, 0) is 43.3 Å². The first-order chi connectivity index (χ1) is 13.1. The molecule has 0 aliphatic rings. The van der Waals surface area contributed by atoms with E-state index in [2.05, 4.69) is 10.3 Å². The molecule has 27 heavy (non-hydrogen) atoms. The summed E-state index contributed by atoms with van der Waals surface area (Å²) in [5.41, 5.74) is 1.82. The van der Waals surface area contributed by atoms with E-state index in [0.29, 0.717) is 22.8 Å². The summed E-state index contributed by atoms with van der Waals surface area (Å²) >= 11 is 6.07. The van der Waals surface area contributed by atoms with E-state index in [0.717, 1.165) is 5.69 Å². The lowest BCUT2D eigenvalue weighted by Gasteiger charge is -2.21. The van der Waals surface area contributed by atoms with Crippen molar-refractivity contribution in [3.8, 4) is 0 Å². The van der Waals surface area contributed by atoms with Gasteiger partial charge in [0.15, 0.2) is 0 Å². The maximum absolute atomic E-state index is 12.9. The Morgan fingerprint density at radius 1 is 1.04 bits per heavy atom. The summed E-state index contributed by atoms with van der Waals surface area (Å²) in [6.45, 7) is 2.41. The summed E-state index contributed by atoms with van der Waals surface area (Å²) in [6.07, 6.45) is 1.45. The van der Waals surface area contributed by atoms with Gasteiger partial charge in [0, 0.05) is 24.0 Å². The Morgan fingerprint density at radius 2 is 1.74 bits per heavy atom. The molecule has 0 aliphatic heterocycles. The van der Waals surface area contributed by atoms with E-state index >= 15 is 0 Å². The third-order valence-corrected chi connectivity index (χ3v) is 4.32. The highest BCUT2D eigenvalue weighted by Crippen LogP contribution is 2.21. The van der Waals surface area contributed by atoms with Crippen LogP contribution in [0.1, 0.15) is 27.8 Å². The molecule has 136 valence electrons. The first-order valence-corrected chi connectivity index (χ1v) is 8.86. The minimum Gasteiger partial charge on any atom is -0.319 e. The molecule has 1 N–H and O–H groups in total. The third-order valence-electron chi connectivity index (χ3n) is 3.99. The number of anilines is 2. The van der Waals surface area contributed by atoms with Crippen molar-refractivity contribution in [1.29, 1.82) is 0 Å². The van der Waals surface area contributed by atoms with Crippen LogP contribution in [-0.2, 0) is 0 Å². The summed E-state index contributed by atoms with van der Waals surface area (Å²) in [6, 6.07) is 19.4. The van der Waals surface area contributed by atoms with Crippen LogP contribution in [0, 0.1) is 0 Å². The Morgan fingerprint density at radius 3 is 2.44 bits per heavy atom. The van der Waals surface area contributed by atoms with Crippen LogP contribution < -0.4 is 10.2 Å². The van der Waals surface area contributed by atoms with Crippen LogP contribution in [0.4, 0.5) is 11.4 Å². The van der Waals surface area contributed by atoms with Crippen molar-refractivity contribution in [3.63, 3.8) is 0 Å². The van der Waals surface area contributed by atoms with E-state index < -0.39 is 5.91 Å². The molecule has 0 radical (unpaired) electrons. The van der Waals surface area contributed by atoms with Crippen LogP contribution in [0.25, 0.3) is 0 Å². The van der Waals surface area contributed by atoms with Crippen molar-refractivity contribution in [2.24, 2.45) is 0 Å². The van der Waals surface area contributed by atoms with Crippen LogP contribution in [0.2, 0.25) is 5.02 Å². The Bertz CT molecular complexity index is 960. The minimum absolute atomic E-state index is 0.143. The molecule has 3 rings (SSSR count). The Balaban J connectivity index is 1.83. The van der Waals surface area contributed by atoms with E-state index in [1.165, 1.54) is 12.3 Å². The summed E-state index contributed by atoms with van der Waals surface area (Å²) < 4.78 is 0. The fraction of sp³-hybridized carbons (Fsp3) is 0.0952. The van der Waals surface area contributed by atoms with Crippen LogP contribution in [0.3, 0.4) is 0 Å². The average Bonchev–Trinajstić information content (AvgIpc) is 2.71. The number of nitrogens with zero attached hydrogens (tertiary/aromatic N) is 2. The van der Waals surface area contributed by atoms with Crippen molar-refractivity contribution in [1.82, 2.24) is 4.98 Å². The normalized spacial score (nSPS) is 10.3. The number of nitrogens with one attached hydrogen (secondary N) is 1. The highest BCUT2D eigenvalue weighted by Gasteiger charge is 2.18. The SMILES string of the molecule is CCN(C(=O)c1ccnc(C(=O)Nc2ccccc2Cl)c1)c1ccccc1. The molecular weight excluding hydrogens is 362 g/mol. The lowest BCUT2D eigenvalue weighted by Crippen LogP contribution is -2.30. The molecule has 0 atom stereocenters. The Labute approximate surface area is 162 Å². The predicted molar refractivity (Wildman–Crippen MR) is 107 cm³/mol. The molecule has 0 saturated carbocycles. The van der Waals surface area contributed by atoms with Gasteiger partial charge in [0.2, 0.25) is 0 Å². The van der Waals surface area contributed by atoms with Gasteiger partial charge < -0.3 is 10.2 Å². The number of benzene rings is 2. The van der Waals surface area contributed by atoms with Crippen molar-refractivity contribution in [2.45, 2.75) is 6.92 Å². The second kappa shape index (κ2) is 8.47. The fourth-order valence-corrected chi connectivity index (χ4v) is 2.83.